The van der Waals surface area contributed by atoms with Crippen molar-refractivity contribution in [2.24, 2.45) is 5.73 Å². The van der Waals surface area contributed by atoms with Gasteiger partial charge in [-0.2, -0.15) is 0 Å². The summed E-state index contributed by atoms with van der Waals surface area (Å²) < 4.78 is 0. The number of carbonyl (C=O) groups is 4. The van der Waals surface area contributed by atoms with Crippen LogP contribution in [0.15, 0.2) is 24.4 Å². The van der Waals surface area contributed by atoms with E-state index in [2.05, 4.69) is 15.3 Å². The second-order valence-corrected chi connectivity index (χ2v) is 6.63. The van der Waals surface area contributed by atoms with E-state index in [-0.39, 0.29) is 42.0 Å². The number of hydrogen-bond donors (Lipinski definition) is 3. The van der Waals surface area contributed by atoms with Gasteiger partial charge in [0.15, 0.2) is 5.82 Å². The Morgan fingerprint density at radius 2 is 2.04 bits per heavy atom. The van der Waals surface area contributed by atoms with E-state index >= 15 is 0 Å². The minimum atomic E-state index is -0.719. The summed E-state index contributed by atoms with van der Waals surface area (Å²) in [6, 6.07) is 4.38. The summed E-state index contributed by atoms with van der Waals surface area (Å²) in [5.41, 5.74) is 12.8. The molecule has 3 heterocycles. The van der Waals surface area contributed by atoms with Gasteiger partial charge in [-0.05, 0) is 24.1 Å². The van der Waals surface area contributed by atoms with Crippen molar-refractivity contribution in [1.82, 2.24) is 20.2 Å². The number of nitrogens with zero attached hydrogens (tertiary/aromatic N) is 3. The maximum Gasteiger partial charge on any atom is 0.255 e. The number of primary amides is 1. The third-order valence-corrected chi connectivity index (χ3v) is 4.87. The summed E-state index contributed by atoms with van der Waals surface area (Å²) in [6.07, 6.45) is 1.75. The molecule has 5 N–H and O–H groups in total. The first kappa shape index (κ1) is 17.6. The summed E-state index contributed by atoms with van der Waals surface area (Å²) in [4.78, 5) is 57.1. The Morgan fingerprint density at radius 1 is 1.25 bits per heavy atom. The normalized spacial score (nSPS) is 18.8. The summed E-state index contributed by atoms with van der Waals surface area (Å²) in [5, 5.41) is 2.27. The Balaban J connectivity index is 1.62. The van der Waals surface area contributed by atoms with Crippen LogP contribution >= 0.6 is 0 Å². The highest BCUT2D eigenvalue weighted by Gasteiger charge is 2.39. The fourth-order valence-electron chi connectivity index (χ4n) is 3.44. The Bertz CT molecular complexity index is 1050. The average Bonchev–Trinajstić information content (AvgIpc) is 2.97. The number of nitrogens with two attached hydrogens (primary N) is 2. The fraction of sp³-hybridized carbons (Fsp3) is 0.222. The van der Waals surface area contributed by atoms with Crippen LogP contribution in [0.3, 0.4) is 0 Å². The van der Waals surface area contributed by atoms with Crippen molar-refractivity contribution in [3.05, 3.63) is 41.1 Å². The van der Waals surface area contributed by atoms with Crippen LogP contribution in [-0.2, 0) is 16.1 Å². The third-order valence-electron chi connectivity index (χ3n) is 4.87. The number of amides is 4. The molecule has 28 heavy (non-hydrogen) atoms. The number of hydrogen-bond acceptors (Lipinski definition) is 7. The summed E-state index contributed by atoms with van der Waals surface area (Å²) in [7, 11) is 0. The number of aromatic nitrogens is 2. The molecule has 0 aliphatic carbocycles. The van der Waals surface area contributed by atoms with E-state index in [0.29, 0.717) is 23.1 Å². The number of carbonyl (C=O) groups excluding carboxylic acids is 4. The zero-order valence-corrected chi connectivity index (χ0v) is 14.6. The molecule has 1 saturated heterocycles. The maximum absolute atomic E-state index is 12.7. The lowest BCUT2D eigenvalue weighted by Crippen LogP contribution is -2.52. The number of rotatable bonds is 3. The minimum Gasteiger partial charge on any atom is -0.383 e. The quantitative estimate of drug-likeness (QED) is 0.609. The second-order valence-electron chi connectivity index (χ2n) is 6.63. The van der Waals surface area contributed by atoms with Gasteiger partial charge < -0.3 is 16.4 Å². The molecule has 0 radical (unpaired) electrons. The van der Waals surface area contributed by atoms with E-state index in [0.717, 1.165) is 0 Å². The molecule has 0 spiro atoms. The highest BCUT2D eigenvalue weighted by molar-refractivity contribution is 6.05. The first-order valence-corrected chi connectivity index (χ1v) is 8.55. The van der Waals surface area contributed by atoms with Crippen LogP contribution in [0.2, 0.25) is 0 Å². The number of benzene rings is 1. The van der Waals surface area contributed by atoms with Gasteiger partial charge in [-0.3, -0.25) is 24.5 Å². The Kier molecular flexibility index (Phi) is 4.03. The van der Waals surface area contributed by atoms with Crippen LogP contribution in [0.5, 0.6) is 0 Å². The first-order valence-electron chi connectivity index (χ1n) is 8.55. The van der Waals surface area contributed by atoms with Crippen LogP contribution in [0.4, 0.5) is 5.82 Å². The number of nitrogens with one attached hydrogen (secondary N) is 1. The molecule has 1 unspecified atom stereocenters. The molecule has 2 aromatic rings. The first-order chi connectivity index (χ1) is 13.3. The summed E-state index contributed by atoms with van der Waals surface area (Å²) in [5.74, 6) is -1.52. The van der Waals surface area contributed by atoms with Gasteiger partial charge in [-0.25, -0.2) is 9.97 Å². The van der Waals surface area contributed by atoms with Crippen molar-refractivity contribution in [1.29, 1.82) is 0 Å². The molecular weight excluding hydrogens is 364 g/mol. The minimum absolute atomic E-state index is 0.0285. The molecular formula is C18H16N6O4. The van der Waals surface area contributed by atoms with Crippen LogP contribution < -0.4 is 16.8 Å². The van der Waals surface area contributed by atoms with E-state index in [9.17, 15) is 19.2 Å². The van der Waals surface area contributed by atoms with E-state index in [1.165, 1.54) is 11.1 Å². The monoisotopic (exact) mass is 380 g/mol. The molecule has 10 nitrogen and oxygen atoms in total. The predicted octanol–water partition coefficient (Wildman–Crippen LogP) is -0.414. The van der Waals surface area contributed by atoms with Gasteiger partial charge in [0.25, 0.3) is 11.8 Å². The van der Waals surface area contributed by atoms with Crippen molar-refractivity contribution >= 4 is 29.4 Å². The Morgan fingerprint density at radius 3 is 2.71 bits per heavy atom. The molecule has 4 amide bonds. The van der Waals surface area contributed by atoms with Crippen LogP contribution in [0.25, 0.3) is 11.4 Å². The van der Waals surface area contributed by atoms with Gasteiger partial charge in [0, 0.05) is 30.3 Å². The molecule has 4 rings (SSSR count). The molecule has 1 aromatic carbocycles. The molecule has 0 bridgehead atoms. The molecule has 0 saturated carbocycles. The van der Waals surface area contributed by atoms with Gasteiger partial charge >= 0.3 is 0 Å². The number of fused-ring (bicyclic) bond motifs is 1. The van der Waals surface area contributed by atoms with Crippen molar-refractivity contribution in [2.45, 2.75) is 25.4 Å². The lowest BCUT2D eigenvalue weighted by Gasteiger charge is -2.29. The van der Waals surface area contributed by atoms with Crippen molar-refractivity contribution in [3.8, 4) is 11.4 Å². The van der Waals surface area contributed by atoms with Crippen LogP contribution in [-0.4, -0.2) is 44.5 Å². The standard InChI is InChI=1S/C18H16N6O4/c19-14-11(15(20)26)6-21-16(23-14)8-1-2-10-9(5-8)7-24(18(10)28)12-3-4-13(25)22-17(12)27/h1-2,5-6,12H,3-4,7H2,(H2,20,26)(H2,19,21,23)(H,22,25,27). The lowest BCUT2D eigenvalue weighted by molar-refractivity contribution is -0.136. The molecule has 2 aliphatic heterocycles. The van der Waals surface area contributed by atoms with Gasteiger partial charge in [0.2, 0.25) is 11.8 Å². The van der Waals surface area contributed by atoms with Crippen molar-refractivity contribution < 1.29 is 19.2 Å². The zero-order chi connectivity index (χ0) is 20.0. The van der Waals surface area contributed by atoms with E-state index in [1.54, 1.807) is 18.2 Å². The van der Waals surface area contributed by atoms with Gasteiger partial charge in [0.1, 0.15) is 11.9 Å². The topological polar surface area (TPSA) is 161 Å². The molecule has 2 aliphatic rings. The Hall–Kier alpha value is -3.82. The third kappa shape index (κ3) is 2.84. The number of imide groups is 1. The van der Waals surface area contributed by atoms with Gasteiger partial charge in [-0.15, -0.1) is 0 Å². The molecule has 10 heteroatoms. The molecule has 1 aromatic heterocycles. The van der Waals surface area contributed by atoms with Crippen LogP contribution in [0, 0.1) is 0 Å². The highest BCUT2D eigenvalue weighted by atomic mass is 16.2. The molecule has 142 valence electrons. The average molecular weight is 380 g/mol. The maximum atomic E-state index is 12.7. The predicted molar refractivity (Wildman–Crippen MR) is 96.4 cm³/mol. The van der Waals surface area contributed by atoms with Gasteiger partial charge in [-0.1, -0.05) is 6.07 Å². The lowest BCUT2D eigenvalue weighted by atomic mass is 10.0. The second kappa shape index (κ2) is 6.41. The van der Waals surface area contributed by atoms with E-state index < -0.39 is 17.9 Å². The van der Waals surface area contributed by atoms with E-state index in [4.69, 9.17) is 11.5 Å². The largest absolute Gasteiger partial charge is 0.383 e. The SMILES string of the molecule is NC(=O)c1cnc(-c2ccc3c(c2)CN(C2CCC(=O)NC2=O)C3=O)nc1N. The molecule has 1 fully saturated rings. The number of anilines is 1. The smallest absolute Gasteiger partial charge is 0.255 e. The zero-order valence-electron chi connectivity index (χ0n) is 14.6. The summed E-state index contributed by atoms with van der Waals surface area (Å²) >= 11 is 0. The number of nitrogen functional groups attached to an aromatic ring is 1. The van der Waals surface area contributed by atoms with E-state index in [1.807, 2.05) is 0 Å². The van der Waals surface area contributed by atoms with Gasteiger partial charge in [0.05, 0.1) is 5.56 Å². The van der Waals surface area contributed by atoms with Crippen molar-refractivity contribution in [3.63, 3.8) is 0 Å². The number of piperidine rings is 1. The highest BCUT2D eigenvalue weighted by Crippen LogP contribution is 2.30. The fourth-order valence-corrected chi connectivity index (χ4v) is 3.44. The summed E-state index contributed by atoms with van der Waals surface area (Å²) in [6.45, 7) is 0.239. The Labute approximate surface area is 158 Å². The molecule has 1 atom stereocenters. The van der Waals surface area contributed by atoms with Crippen LogP contribution in [0.1, 0.15) is 39.1 Å². The van der Waals surface area contributed by atoms with Crippen molar-refractivity contribution in [2.75, 3.05) is 5.73 Å².